The Bertz CT molecular complexity index is 1000. The molecule has 0 aliphatic heterocycles. The molecule has 0 fully saturated rings. The maximum absolute atomic E-state index is 13.1. The Balaban J connectivity index is 1.69. The van der Waals surface area contributed by atoms with Crippen LogP contribution in [0.5, 0.6) is 0 Å². The molecule has 5 nitrogen and oxygen atoms in total. The Hall–Kier alpha value is -2.67. The fourth-order valence-corrected chi connectivity index (χ4v) is 4.56. The molecule has 0 aromatic heterocycles. The summed E-state index contributed by atoms with van der Waals surface area (Å²) in [5.74, 6) is -0.745. The van der Waals surface area contributed by atoms with Gasteiger partial charge in [-0.2, -0.15) is 0 Å². The second-order valence-corrected chi connectivity index (χ2v) is 9.06. The van der Waals surface area contributed by atoms with Crippen LogP contribution in [0.3, 0.4) is 0 Å². The van der Waals surface area contributed by atoms with Gasteiger partial charge in [-0.25, -0.2) is 12.8 Å². The van der Waals surface area contributed by atoms with E-state index in [1.54, 1.807) is 12.1 Å². The molecule has 29 heavy (non-hydrogen) atoms. The van der Waals surface area contributed by atoms with Crippen molar-refractivity contribution in [3.63, 3.8) is 0 Å². The van der Waals surface area contributed by atoms with Gasteiger partial charge in [0.1, 0.15) is 5.82 Å². The van der Waals surface area contributed by atoms with Crippen LogP contribution >= 0.6 is 0 Å². The van der Waals surface area contributed by atoms with Gasteiger partial charge in [0.2, 0.25) is 0 Å². The standard InChI is InChI=1S/C22H25FN2O3S/c1-25(20-12-10-19(23)11-13-20)29(27,28)21-9-5-8-18(16-21)22(26)24-15-14-17-6-3-2-4-7-17/h5-6,8-13,16H,2-4,7,14-15H2,1H3,(H,24,26). The van der Waals surface area contributed by atoms with Crippen LogP contribution in [0.25, 0.3) is 0 Å². The second kappa shape index (κ2) is 9.22. The number of hydrogen-bond donors (Lipinski definition) is 1. The van der Waals surface area contributed by atoms with Crippen LogP contribution in [-0.4, -0.2) is 27.9 Å². The second-order valence-electron chi connectivity index (χ2n) is 7.09. The molecule has 1 aliphatic carbocycles. The molecule has 0 spiro atoms. The largest absolute Gasteiger partial charge is 0.352 e. The number of benzene rings is 2. The first kappa shape index (κ1) is 21.0. The Morgan fingerprint density at radius 2 is 1.90 bits per heavy atom. The highest BCUT2D eigenvalue weighted by Crippen LogP contribution is 2.23. The minimum Gasteiger partial charge on any atom is -0.352 e. The Morgan fingerprint density at radius 3 is 2.59 bits per heavy atom. The van der Waals surface area contributed by atoms with Crippen LogP contribution in [0.1, 0.15) is 42.5 Å². The maximum Gasteiger partial charge on any atom is 0.264 e. The number of nitrogens with zero attached hydrogens (tertiary/aromatic N) is 1. The van der Waals surface area contributed by atoms with Crippen molar-refractivity contribution in [1.29, 1.82) is 0 Å². The van der Waals surface area contributed by atoms with E-state index in [9.17, 15) is 17.6 Å². The van der Waals surface area contributed by atoms with Crippen LogP contribution in [-0.2, 0) is 10.0 Å². The third kappa shape index (κ3) is 5.23. The van der Waals surface area contributed by atoms with Crippen LogP contribution in [0, 0.1) is 5.82 Å². The molecule has 2 aromatic rings. The minimum atomic E-state index is -3.88. The zero-order chi connectivity index (χ0) is 20.9. The molecule has 0 bridgehead atoms. The van der Waals surface area contributed by atoms with E-state index in [1.807, 2.05) is 0 Å². The zero-order valence-electron chi connectivity index (χ0n) is 16.4. The Kier molecular flexibility index (Phi) is 6.69. The normalized spacial score (nSPS) is 14.2. The first-order valence-corrected chi connectivity index (χ1v) is 11.1. The van der Waals surface area contributed by atoms with Gasteiger partial charge < -0.3 is 5.32 Å². The lowest BCUT2D eigenvalue weighted by Gasteiger charge is -2.20. The smallest absolute Gasteiger partial charge is 0.264 e. The molecule has 1 aliphatic rings. The van der Waals surface area contributed by atoms with Gasteiger partial charge in [0.05, 0.1) is 10.6 Å². The van der Waals surface area contributed by atoms with E-state index in [2.05, 4.69) is 11.4 Å². The number of amides is 1. The van der Waals surface area contributed by atoms with Crippen molar-refractivity contribution in [2.45, 2.75) is 37.0 Å². The molecule has 0 radical (unpaired) electrons. The van der Waals surface area contributed by atoms with Gasteiger partial charge in [0.15, 0.2) is 0 Å². The number of carbonyl (C=O) groups is 1. The molecule has 154 valence electrons. The van der Waals surface area contributed by atoms with Crippen molar-refractivity contribution in [2.75, 3.05) is 17.9 Å². The van der Waals surface area contributed by atoms with E-state index in [0.717, 1.165) is 23.6 Å². The average Bonchev–Trinajstić information content (AvgIpc) is 2.74. The third-order valence-corrected chi connectivity index (χ3v) is 6.84. The molecule has 1 N–H and O–H groups in total. The van der Waals surface area contributed by atoms with Crippen molar-refractivity contribution in [1.82, 2.24) is 5.32 Å². The highest BCUT2D eigenvalue weighted by atomic mass is 32.2. The quantitative estimate of drug-likeness (QED) is 0.686. The topological polar surface area (TPSA) is 66.5 Å². The number of sulfonamides is 1. The minimum absolute atomic E-state index is 0.00645. The van der Waals surface area contributed by atoms with Gasteiger partial charge in [-0.3, -0.25) is 9.10 Å². The van der Waals surface area contributed by atoms with Gasteiger partial charge in [-0.15, -0.1) is 0 Å². The summed E-state index contributed by atoms with van der Waals surface area (Å²) in [7, 11) is -2.48. The number of anilines is 1. The number of allylic oxidation sites excluding steroid dienone is 1. The predicted molar refractivity (Wildman–Crippen MR) is 112 cm³/mol. The van der Waals surface area contributed by atoms with Gasteiger partial charge >= 0.3 is 0 Å². The molecular formula is C22H25FN2O3S. The number of rotatable bonds is 7. The van der Waals surface area contributed by atoms with E-state index in [1.165, 1.54) is 61.9 Å². The molecule has 0 heterocycles. The van der Waals surface area contributed by atoms with Gasteiger partial charge in [-0.1, -0.05) is 17.7 Å². The highest BCUT2D eigenvalue weighted by molar-refractivity contribution is 7.92. The zero-order valence-corrected chi connectivity index (χ0v) is 17.2. The van der Waals surface area contributed by atoms with E-state index >= 15 is 0 Å². The number of halogens is 1. The number of nitrogens with one attached hydrogen (secondary N) is 1. The predicted octanol–water partition coefficient (Wildman–Crippen LogP) is 4.27. The lowest BCUT2D eigenvalue weighted by atomic mass is 9.97. The summed E-state index contributed by atoms with van der Waals surface area (Å²) < 4.78 is 40.0. The first-order valence-electron chi connectivity index (χ1n) is 9.68. The monoisotopic (exact) mass is 416 g/mol. The van der Waals surface area contributed by atoms with Crippen LogP contribution in [0.15, 0.2) is 65.1 Å². The fraction of sp³-hybridized carbons (Fsp3) is 0.318. The first-order chi connectivity index (χ1) is 13.9. The van der Waals surface area contributed by atoms with E-state index in [-0.39, 0.29) is 16.4 Å². The lowest BCUT2D eigenvalue weighted by Crippen LogP contribution is -2.28. The van der Waals surface area contributed by atoms with Crippen molar-refractivity contribution >= 4 is 21.6 Å². The molecule has 0 saturated heterocycles. The lowest BCUT2D eigenvalue weighted by molar-refractivity contribution is 0.0954. The summed E-state index contributed by atoms with van der Waals surface area (Å²) in [6.07, 6.45) is 7.67. The Morgan fingerprint density at radius 1 is 1.14 bits per heavy atom. The summed E-state index contributed by atoms with van der Waals surface area (Å²) in [6.45, 7) is 0.525. The van der Waals surface area contributed by atoms with Crippen molar-refractivity contribution in [3.8, 4) is 0 Å². The Labute approximate surface area is 171 Å². The molecule has 2 aromatic carbocycles. The van der Waals surface area contributed by atoms with Crippen molar-refractivity contribution < 1.29 is 17.6 Å². The van der Waals surface area contributed by atoms with E-state index < -0.39 is 15.8 Å². The summed E-state index contributed by atoms with van der Waals surface area (Å²) in [5.41, 5.74) is 1.99. The van der Waals surface area contributed by atoms with Crippen LogP contribution in [0.2, 0.25) is 0 Å². The SMILES string of the molecule is CN(c1ccc(F)cc1)S(=O)(=O)c1cccc(C(=O)NCCC2=CCCCC2)c1. The maximum atomic E-state index is 13.1. The van der Waals surface area contributed by atoms with E-state index in [0.29, 0.717) is 12.2 Å². The van der Waals surface area contributed by atoms with E-state index in [4.69, 9.17) is 0 Å². The molecule has 0 saturated carbocycles. The number of carbonyl (C=O) groups excluding carboxylic acids is 1. The summed E-state index contributed by atoms with van der Waals surface area (Å²) in [5, 5.41) is 2.86. The summed E-state index contributed by atoms with van der Waals surface area (Å²) in [4.78, 5) is 12.5. The summed E-state index contributed by atoms with van der Waals surface area (Å²) >= 11 is 0. The van der Waals surface area contributed by atoms with Crippen molar-refractivity contribution in [2.24, 2.45) is 0 Å². The van der Waals surface area contributed by atoms with Crippen molar-refractivity contribution in [3.05, 3.63) is 71.6 Å². The number of hydrogen-bond acceptors (Lipinski definition) is 3. The third-order valence-electron chi connectivity index (χ3n) is 5.06. The van der Waals surface area contributed by atoms with Crippen LogP contribution in [0.4, 0.5) is 10.1 Å². The fourth-order valence-electron chi connectivity index (χ4n) is 3.32. The average molecular weight is 417 g/mol. The molecule has 0 unspecified atom stereocenters. The summed E-state index contributed by atoms with van der Waals surface area (Å²) in [6, 6.07) is 11.1. The molecule has 7 heteroatoms. The molecule has 1 amide bonds. The molecule has 0 atom stereocenters. The molecular weight excluding hydrogens is 391 g/mol. The van der Waals surface area contributed by atoms with Gasteiger partial charge in [-0.05, 0) is 74.6 Å². The highest BCUT2D eigenvalue weighted by Gasteiger charge is 2.22. The molecule has 3 rings (SSSR count). The van der Waals surface area contributed by atoms with Crippen LogP contribution < -0.4 is 9.62 Å². The van der Waals surface area contributed by atoms with Gasteiger partial charge in [0, 0.05) is 19.2 Å². The van der Waals surface area contributed by atoms with Gasteiger partial charge in [0.25, 0.3) is 15.9 Å².